The van der Waals surface area contributed by atoms with Crippen LogP contribution in [0.2, 0.25) is 0 Å². The number of hydrogen-bond donors (Lipinski definition) is 0. The summed E-state index contributed by atoms with van der Waals surface area (Å²) in [6.45, 7) is 0. The Bertz CT molecular complexity index is 415. The molecule has 0 saturated heterocycles. The fraction of sp³-hybridized carbons (Fsp3) is 0. The van der Waals surface area contributed by atoms with Crippen molar-refractivity contribution in [1.82, 2.24) is 0 Å². The summed E-state index contributed by atoms with van der Waals surface area (Å²) < 4.78 is 10.3. The Kier molecular flexibility index (Phi) is 8.92. The molecule has 0 bridgehead atoms. The van der Waals surface area contributed by atoms with Crippen molar-refractivity contribution in [2.24, 2.45) is 0 Å². The van der Waals surface area contributed by atoms with Crippen molar-refractivity contribution in [1.29, 1.82) is 0 Å². The van der Waals surface area contributed by atoms with Gasteiger partial charge in [-0.3, -0.25) is 0 Å². The van der Waals surface area contributed by atoms with Crippen LogP contribution in [0.25, 0.3) is 0 Å². The van der Waals surface area contributed by atoms with Gasteiger partial charge in [0.25, 0.3) is 0 Å². The van der Waals surface area contributed by atoms with Gasteiger partial charge in [0.05, 0.1) is 0 Å². The van der Waals surface area contributed by atoms with Gasteiger partial charge < -0.3 is 14.4 Å². The molecule has 85 valence electrons. The van der Waals surface area contributed by atoms with Gasteiger partial charge in [0.15, 0.2) is 0 Å². The minimum Gasteiger partial charge on any atom is -0.807 e. The summed E-state index contributed by atoms with van der Waals surface area (Å²) in [5, 5.41) is -0.157. The number of hydrogen-bond acceptors (Lipinski definition) is 3. The quantitative estimate of drug-likeness (QED) is 0.543. The monoisotopic (exact) mass is 375 g/mol. The minimum atomic E-state index is -4.52. The first-order valence-electron chi connectivity index (χ1n) is 4.59. The van der Waals surface area contributed by atoms with Crippen LogP contribution in [0.5, 0.6) is 0 Å². The molecule has 0 heterocycles. The predicted molar refractivity (Wildman–Crippen MR) is 59.0 cm³/mol. The summed E-state index contributed by atoms with van der Waals surface area (Å²) in [6.07, 6.45) is 0. The van der Waals surface area contributed by atoms with E-state index in [0.29, 0.717) is 0 Å². The maximum Gasteiger partial charge on any atom is 3.00 e. The van der Waals surface area contributed by atoms with Gasteiger partial charge in [-0.15, -0.1) is 0 Å². The molecule has 5 heteroatoms. The van der Waals surface area contributed by atoms with Crippen molar-refractivity contribution in [2.45, 2.75) is 0 Å². The Hall–Kier alpha value is -0.0594. The molecule has 2 aromatic carbocycles. The summed E-state index contributed by atoms with van der Waals surface area (Å²) >= 11 is 0. The van der Waals surface area contributed by atoms with Gasteiger partial charge in [-0.2, -0.15) is 36.4 Å². The van der Waals surface area contributed by atoms with Crippen molar-refractivity contribution in [3.8, 4) is 0 Å². The molecular formula is C12H10NdO3P. The third kappa shape index (κ3) is 7.79. The second-order valence-electron chi connectivity index (χ2n) is 2.91. The number of rotatable bonds is 1. The Balaban J connectivity index is 0.000000316. The fourth-order valence-corrected chi connectivity index (χ4v) is 1.49. The van der Waals surface area contributed by atoms with Crippen molar-refractivity contribution in [3.63, 3.8) is 0 Å². The summed E-state index contributed by atoms with van der Waals surface area (Å²) in [5.41, 5.74) is 0. The molecule has 0 spiro atoms. The van der Waals surface area contributed by atoms with E-state index in [0.717, 1.165) is 0 Å². The van der Waals surface area contributed by atoms with E-state index >= 15 is 0 Å². The molecule has 0 N–H and O–H groups in total. The van der Waals surface area contributed by atoms with Crippen LogP contribution in [0, 0.1) is 46.9 Å². The molecule has 0 aromatic heterocycles. The first-order chi connectivity index (χ1) is 7.61. The predicted octanol–water partition coefficient (Wildman–Crippen LogP) is 0.712. The maximum atomic E-state index is 10.3. The van der Waals surface area contributed by atoms with E-state index in [4.69, 9.17) is 0 Å². The molecule has 1 radical (unpaired) electrons. The summed E-state index contributed by atoms with van der Waals surface area (Å²) in [4.78, 5) is 20.6. The molecule has 2 rings (SSSR count). The molecular weight excluding hydrogens is 367 g/mol. The van der Waals surface area contributed by atoms with Gasteiger partial charge in [-0.25, -0.2) is 0 Å². The van der Waals surface area contributed by atoms with E-state index in [9.17, 15) is 14.4 Å². The van der Waals surface area contributed by atoms with Gasteiger partial charge in [-0.1, -0.05) is 30.3 Å². The molecule has 0 unspecified atom stereocenters. The fourth-order valence-electron chi connectivity index (χ4n) is 0.952. The smallest absolute Gasteiger partial charge is 0.807 e. The first-order valence-corrected chi connectivity index (χ1v) is 6.14. The van der Waals surface area contributed by atoms with E-state index in [1.54, 1.807) is 6.07 Å². The number of benzene rings is 2. The molecule has 0 atom stereocenters. The van der Waals surface area contributed by atoms with Crippen molar-refractivity contribution < 1.29 is 55.2 Å². The Labute approximate surface area is 134 Å². The SMILES string of the molecule is O=P([O-])([O-])c1ccccc1.[Nd+3].[c-]1ccccc1. The van der Waals surface area contributed by atoms with Crippen LogP contribution in [0.1, 0.15) is 0 Å². The van der Waals surface area contributed by atoms with Gasteiger partial charge in [0, 0.05) is 0 Å². The standard InChI is InChI=1S/C6H7O3P.C6H5.Nd/c7-10(8,9)6-4-2-1-3-5-6;1-2-4-6-5-3-1;/h1-5H,(H2,7,8,9);1-5H;/q;-1;+3/p-2. The van der Waals surface area contributed by atoms with Gasteiger partial charge in [-0.05, 0) is 12.9 Å². The van der Waals surface area contributed by atoms with Crippen LogP contribution in [-0.2, 0) is 4.57 Å². The van der Waals surface area contributed by atoms with Crippen molar-refractivity contribution >= 4 is 12.9 Å². The molecule has 17 heavy (non-hydrogen) atoms. The van der Waals surface area contributed by atoms with Crippen molar-refractivity contribution in [3.05, 3.63) is 66.7 Å². The van der Waals surface area contributed by atoms with Crippen LogP contribution in [0.3, 0.4) is 0 Å². The maximum absolute atomic E-state index is 10.3. The largest absolute Gasteiger partial charge is 3.00 e. The first kappa shape index (κ1) is 16.9. The summed E-state index contributed by atoms with van der Waals surface area (Å²) in [5.74, 6) is 0. The Morgan fingerprint density at radius 1 is 0.882 bits per heavy atom. The Morgan fingerprint density at radius 2 is 1.35 bits per heavy atom. The van der Waals surface area contributed by atoms with Crippen LogP contribution < -0.4 is 15.1 Å². The van der Waals surface area contributed by atoms with E-state index in [1.165, 1.54) is 24.3 Å². The second-order valence-corrected chi connectivity index (χ2v) is 4.42. The molecule has 0 amide bonds. The summed E-state index contributed by atoms with van der Waals surface area (Å²) in [7, 11) is -4.52. The second kappa shape index (κ2) is 8.95. The average Bonchev–Trinajstić information content (AvgIpc) is 2.32. The zero-order valence-electron chi connectivity index (χ0n) is 8.95. The van der Waals surface area contributed by atoms with Gasteiger partial charge >= 0.3 is 40.8 Å². The zero-order valence-corrected chi connectivity index (χ0v) is 13.0. The van der Waals surface area contributed by atoms with E-state index in [1.807, 2.05) is 30.3 Å². The molecule has 0 saturated carbocycles. The topological polar surface area (TPSA) is 63.2 Å². The molecule has 0 aliphatic heterocycles. The van der Waals surface area contributed by atoms with E-state index in [-0.39, 0.29) is 46.1 Å². The van der Waals surface area contributed by atoms with Crippen LogP contribution in [0.4, 0.5) is 0 Å². The molecule has 0 fully saturated rings. The molecule has 0 aliphatic rings. The van der Waals surface area contributed by atoms with Gasteiger partial charge in [0.2, 0.25) is 0 Å². The Morgan fingerprint density at radius 3 is 1.59 bits per heavy atom. The summed E-state index contributed by atoms with van der Waals surface area (Å²) in [6, 6.07) is 19.7. The van der Waals surface area contributed by atoms with Gasteiger partial charge in [0.1, 0.15) is 0 Å². The zero-order chi connectivity index (χ0) is 11.9. The normalized spacial score (nSPS) is 9.53. The molecule has 3 nitrogen and oxygen atoms in total. The van der Waals surface area contributed by atoms with E-state index in [2.05, 4.69) is 6.07 Å². The van der Waals surface area contributed by atoms with Crippen LogP contribution >= 0.6 is 7.60 Å². The van der Waals surface area contributed by atoms with Crippen molar-refractivity contribution in [2.75, 3.05) is 0 Å². The average molecular weight is 377 g/mol. The van der Waals surface area contributed by atoms with E-state index < -0.39 is 7.60 Å². The van der Waals surface area contributed by atoms with Crippen LogP contribution in [-0.4, -0.2) is 0 Å². The molecule has 2 aromatic rings. The third-order valence-electron chi connectivity index (χ3n) is 1.68. The van der Waals surface area contributed by atoms with Crippen LogP contribution in [0.15, 0.2) is 60.7 Å². The molecule has 0 aliphatic carbocycles. The third-order valence-corrected chi connectivity index (χ3v) is 2.61. The minimum absolute atomic E-state index is 0.